The number of carboxylic acid groups (broad SMARTS) is 2. The van der Waals surface area contributed by atoms with Crippen LogP contribution in [0.2, 0.25) is 0 Å². The molecule has 7 nitrogen and oxygen atoms in total. The summed E-state index contributed by atoms with van der Waals surface area (Å²) < 4.78 is 27.2. The number of sulfonamides is 1. The van der Waals surface area contributed by atoms with Crippen LogP contribution in [-0.2, 0) is 19.6 Å². The lowest BCUT2D eigenvalue weighted by Crippen LogP contribution is -2.40. The molecule has 0 aliphatic carbocycles. The van der Waals surface area contributed by atoms with Crippen molar-refractivity contribution in [3.63, 3.8) is 0 Å². The fraction of sp³-hybridized carbons (Fsp3) is 0.429. The highest BCUT2D eigenvalue weighted by atomic mass is 79.9. The van der Waals surface area contributed by atoms with Gasteiger partial charge in [0, 0.05) is 10.9 Å². The third kappa shape index (κ3) is 7.10. The maximum Gasteiger partial charge on any atom is 0.321 e. The molecule has 0 aromatic heterocycles. The minimum atomic E-state index is -3.92. The highest BCUT2D eigenvalue weighted by Crippen LogP contribution is 2.16. The minimum absolute atomic E-state index is 0.0159. The van der Waals surface area contributed by atoms with Gasteiger partial charge in [0.2, 0.25) is 10.0 Å². The zero-order valence-corrected chi connectivity index (χ0v) is 14.6. The Balaban J connectivity index is 2.62. The molecule has 0 bridgehead atoms. The second kappa shape index (κ2) is 8.99. The van der Waals surface area contributed by atoms with Crippen molar-refractivity contribution < 1.29 is 28.2 Å². The Kier molecular flexibility index (Phi) is 7.66. The van der Waals surface area contributed by atoms with Crippen LogP contribution < -0.4 is 4.72 Å². The number of unbranched alkanes of at least 4 members (excludes halogenated alkanes) is 2. The molecule has 128 valence electrons. The number of carbonyl (C=O) groups is 2. The molecule has 0 aliphatic rings. The van der Waals surface area contributed by atoms with Gasteiger partial charge < -0.3 is 10.2 Å². The summed E-state index contributed by atoms with van der Waals surface area (Å²) in [7, 11) is -3.92. The Morgan fingerprint density at radius 1 is 1.09 bits per heavy atom. The maximum absolute atomic E-state index is 12.2. The molecule has 1 aromatic rings. The summed E-state index contributed by atoms with van der Waals surface area (Å²) in [5.74, 6) is -2.17. The summed E-state index contributed by atoms with van der Waals surface area (Å²) in [6, 6.07) is 4.61. The van der Waals surface area contributed by atoms with Gasteiger partial charge in [0.1, 0.15) is 6.04 Å². The van der Waals surface area contributed by atoms with Crippen LogP contribution in [0, 0.1) is 0 Å². The Labute approximate surface area is 142 Å². The molecule has 23 heavy (non-hydrogen) atoms. The third-order valence-corrected chi connectivity index (χ3v) is 5.12. The number of aliphatic carboxylic acids is 2. The van der Waals surface area contributed by atoms with Gasteiger partial charge in [0.05, 0.1) is 4.90 Å². The quantitative estimate of drug-likeness (QED) is 0.511. The first kappa shape index (κ1) is 19.6. The SMILES string of the molecule is O=C(O)CCCCC[C@H](NS(=O)(=O)c1ccc(Br)cc1)C(=O)O. The van der Waals surface area contributed by atoms with Crippen LogP contribution in [0.25, 0.3) is 0 Å². The third-order valence-electron chi connectivity index (χ3n) is 3.10. The van der Waals surface area contributed by atoms with Gasteiger partial charge in [-0.1, -0.05) is 28.8 Å². The zero-order chi connectivity index (χ0) is 17.5. The average molecular weight is 408 g/mol. The molecule has 1 aromatic carbocycles. The molecular weight excluding hydrogens is 390 g/mol. The van der Waals surface area contributed by atoms with Crippen LogP contribution in [0.5, 0.6) is 0 Å². The van der Waals surface area contributed by atoms with Crippen molar-refractivity contribution in [3.8, 4) is 0 Å². The first-order valence-electron chi connectivity index (χ1n) is 6.95. The van der Waals surface area contributed by atoms with Crippen LogP contribution in [0.15, 0.2) is 33.6 Å². The van der Waals surface area contributed by atoms with Gasteiger partial charge in [0.25, 0.3) is 0 Å². The Morgan fingerprint density at radius 3 is 2.22 bits per heavy atom. The number of hydrogen-bond donors (Lipinski definition) is 3. The van der Waals surface area contributed by atoms with E-state index in [1.807, 2.05) is 0 Å². The number of rotatable bonds is 10. The van der Waals surface area contributed by atoms with Gasteiger partial charge in [-0.05, 0) is 37.1 Å². The molecule has 9 heteroatoms. The Bertz CT molecular complexity index is 644. The van der Waals surface area contributed by atoms with Gasteiger partial charge in [-0.15, -0.1) is 0 Å². The van der Waals surface area contributed by atoms with Crippen molar-refractivity contribution in [2.24, 2.45) is 0 Å². The van der Waals surface area contributed by atoms with Crippen LogP contribution in [-0.4, -0.2) is 36.6 Å². The molecule has 0 heterocycles. The number of carboxylic acids is 2. The van der Waals surface area contributed by atoms with E-state index in [1.165, 1.54) is 12.1 Å². The molecule has 0 spiro atoms. The van der Waals surface area contributed by atoms with Gasteiger partial charge >= 0.3 is 11.9 Å². The Morgan fingerprint density at radius 2 is 1.70 bits per heavy atom. The molecule has 0 unspecified atom stereocenters. The standard InChI is InChI=1S/C14H18BrNO6S/c15-10-6-8-11(9-7-10)23(21,22)16-12(14(19)20)4-2-1-3-5-13(17)18/h6-9,12,16H,1-5H2,(H,17,18)(H,19,20)/t12-/m0/s1. The monoisotopic (exact) mass is 407 g/mol. The lowest BCUT2D eigenvalue weighted by Gasteiger charge is -2.14. The van der Waals surface area contributed by atoms with Gasteiger partial charge in [-0.3, -0.25) is 9.59 Å². The fourth-order valence-electron chi connectivity index (χ4n) is 1.90. The molecule has 1 rings (SSSR count). The van der Waals surface area contributed by atoms with E-state index in [9.17, 15) is 18.0 Å². The van der Waals surface area contributed by atoms with Crippen LogP contribution in [0.4, 0.5) is 0 Å². The van der Waals surface area contributed by atoms with E-state index >= 15 is 0 Å². The second-order valence-corrected chi connectivity index (χ2v) is 7.59. The van der Waals surface area contributed by atoms with Crippen LogP contribution >= 0.6 is 15.9 Å². The van der Waals surface area contributed by atoms with Crippen LogP contribution in [0.3, 0.4) is 0 Å². The summed E-state index contributed by atoms with van der Waals surface area (Å²) in [5.41, 5.74) is 0. The van der Waals surface area contributed by atoms with E-state index in [4.69, 9.17) is 10.2 Å². The molecule has 0 aliphatic heterocycles. The predicted octanol–water partition coefficient (Wildman–Crippen LogP) is 2.22. The minimum Gasteiger partial charge on any atom is -0.481 e. The van der Waals surface area contributed by atoms with Crippen molar-refractivity contribution in [1.29, 1.82) is 0 Å². The van der Waals surface area contributed by atoms with E-state index in [1.54, 1.807) is 12.1 Å². The first-order chi connectivity index (χ1) is 10.7. The largest absolute Gasteiger partial charge is 0.481 e. The van der Waals surface area contributed by atoms with E-state index in [0.717, 1.165) is 0 Å². The van der Waals surface area contributed by atoms with E-state index in [-0.39, 0.29) is 17.7 Å². The fourth-order valence-corrected chi connectivity index (χ4v) is 3.39. The maximum atomic E-state index is 12.2. The highest BCUT2D eigenvalue weighted by molar-refractivity contribution is 9.10. The van der Waals surface area contributed by atoms with Gasteiger partial charge in [-0.2, -0.15) is 4.72 Å². The van der Waals surface area contributed by atoms with Gasteiger partial charge in [-0.25, -0.2) is 8.42 Å². The topological polar surface area (TPSA) is 121 Å². The molecular formula is C14H18BrNO6S. The molecule has 0 amide bonds. The van der Waals surface area contributed by atoms with Crippen LogP contribution in [0.1, 0.15) is 32.1 Å². The smallest absolute Gasteiger partial charge is 0.321 e. The van der Waals surface area contributed by atoms with Crippen molar-refractivity contribution >= 4 is 37.9 Å². The summed E-state index contributed by atoms with van der Waals surface area (Å²) in [4.78, 5) is 21.6. The molecule has 0 saturated heterocycles. The summed E-state index contributed by atoms with van der Waals surface area (Å²) in [6.45, 7) is 0. The zero-order valence-electron chi connectivity index (χ0n) is 12.2. The highest BCUT2D eigenvalue weighted by Gasteiger charge is 2.24. The lowest BCUT2D eigenvalue weighted by molar-refractivity contribution is -0.139. The van der Waals surface area contributed by atoms with E-state index < -0.39 is 28.0 Å². The molecule has 0 saturated carbocycles. The lowest BCUT2D eigenvalue weighted by atomic mass is 10.1. The Hall–Kier alpha value is -1.45. The van der Waals surface area contributed by atoms with Crippen molar-refractivity contribution in [3.05, 3.63) is 28.7 Å². The molecule has 1 atom stereocenters. The number of halogens is 1. The van der Waals surface area contributed by atoms with E-state index in [0.29, 0.717) is 23.7 Å². The summed E-state index contributed by atoms with van der Waals surface area (Å²) >= 11 is 3.19. The van der Waals surface area contributed by atoms with E-state index in [2.05, 4.69) is 20.7 Å². The summed E-state index contributed by atoms with van der Waals surface area (Å²) in [5, 5.41) is 17.7. The molecule has 3 N–H and O–H groups in total. The predicted molar refractivity (Wildman–Crippen MR) is 86.6 cm³/mol. The average Bonchev–Trinajstić information content (AvgIpc) is 2.45. The van der Waals surface area contributed by atoms with Gasteiger partial charge in [0.15, 0.2) is 0 Å². The van der Waals surface area contributed by atoms with Crippen molar-refractivity contribution in [2.75, 3.05) is 0 Å². The number of hydrogen-bond acceptors (Lipinski definition) is 4. The number of benzene rings is 1. The first-order valence-corrected chi connectivity index (χ1v) is 9.22. The normalized spacial score (nSPS) is 12.7. The van der Waals surface area contributed by atoms with Crippen molar-refractivity contribution in [1.82, 2.24) is 4.72 Å². The number of nitrogens with one attached hydrogen (secondary N) is 1. The second-order valence-electron chi connectivity index (χ2n) is 4.96. The van der Waals surface area contributed by atoms with Crippen molar-refractivity contribution in [2.45, 2.75) is 43.0 Å². The summed E-state index contributed by atoms with van der Waals surface area (Å²) in [6.07, 6.45) is 1.50. The molecule has 0 fully saturated rings. The molecule has 0 radical (unpaired) electrons.